The van der Waals surface area contributed by atoms with Gasteiger partial charge in [0, 0.05) is 11.1 Å². The summed E-state index contributed by atoms with van der Waals surface area (Å²) in [6.07, 6.45) is 0. The molecule has 1 nitrogen and oxygen atoms in total. The van der Waals surface area contributed by atoms with Crippen molar-refractivity contribution in [2.24, 2.45) is 0 Å². The lowest BCUT2D eigenvalue weighted by Gasteiger charge is -2.01. The van der Waals surface area contributed by atoms with E-state index in [1.807, 2.05) is 6.92 Å². The standard InChI is InChI=1S/C10H12O/c1-7(2)9-5-4-8(3)10(11)6-9/h6-7,11H,1-3H3. The fourth-order valence-corrected chi connectivity index (χ4v) is 0.833. The number of hydrogen-bond donors (Lipinski definition) is 1. The summed E-state index contributed by atoms with van der Waals surface area (Å²) in [6.45, 7) is 5.94. The van der Waals surface area contributed by atoms with E-state index in [0.29, 0.717) is 11.7 Å². The fourth-order valence-electron chi connectivity index (χ4n) is 0.833. The monoisotopic (exact) mass is 148 g/mol. The highest BCUT2D eigenvalue weighted by Crippen LogP contribution is 2.19. The van der Waals surface area contributed by atoms with Crippen molar-refractivity contribution in [3.05, 3.63) is 29.3 Å². The topological polar surface area (TPSA) is 20.2 Å². The third kappa shape index (κ3) is 1.65. The summed E-state index contributed by atoms with van der Waals surface area (Å²) in [5, 5.41) is 9.30. The molecule has 0 saturated heterocycles. The molecule has 0 bridgehead atoms. The molecule has 1 aromatic carbocycles. The van der Waals surface area contributed by atoms with Crippen LogP contribution >= 0.6 is 0 Å². The maximum Gasteiger partial charge on any atom is 0.127 e. The van der Waals surface area contributed by atoms with Crippen molar-refractivity contribution in [2.45, 2.75) is 26.7 Å². The second-order valence-electron chi connectivity index (χ2n) is 3.01. The molecule has 0 aliphatic heterocycles. The molecule has 1 heteroatoms. The van der Waals surface area contributed by atoms with Gasteiger partial charge in [0.1, 0.15) is 5.75 Å². The minimum atomic E-state index is 0.312. The molecule has 0 fully saturated rings. The molecule has 1 N–H and O–H groups in total. The van der Waals surface area contributed by atoms with E-state index in [0.717, 1.165) is 11.1 Å². The van der Waals surface area contributed by atoms with Gasteiger partial charge in [-0.25, -0.2) is 0 Å². The van der Waals surface area contributed by atoms with Gasteiger partial charge in [0.05, 0.1) is 0 Å². The van der Waals surface area contributed by atoms with Gasteiger partial charge in [0.25, 0.3) is 0 Å². The maximum atomic E-state index is 9.30. The average molecular weight is 148 g/mol. The highest BCUT2D eigenvalue weighted by atomic mass is 16.3. The highest BCUT2D eigenvalue weighted by Gasteiger charge is 2.00. The lowest BCUT2D eigenvalue weighted by atomic mass is 10.0. The van der Waals surface area contributed by atoms with E-state index in [4.69, 9.17) is 0 Å². The Hall–Kier alpha value is -1.16. The van der Waals surface area contributed by atoms with Gasteiger partial charge in [-0.15, -0.1) is 0 Å². The predicted molar refractivity (Wildman–Crippen MR) is 44.6 cm³/mol. The molecule has 0 saturated carbocycles. The van der Waals surface area contributed by atoms with Crippen molar-refractivity contribution in [2.75, 3.05) is 0 Å². The number of aromatic hydroxyl groups is 1. The first-order valence-corrected chi connectivity index (χ1v) is 3.74. The highest BCUT2D eigenvalue weighted by molar-refractivity contribution is 5.31. The van der Waals surface area contributed by atoms with Crippen LogP contribution in [-0.2, 0) is 0 Å². The molecule has 0 heterocycles. The van der Waals surface area contributed by atoms with E-state index >= 15 is 0 Å². The lowest BCUT2D eigenvalue weighted by molar-refractivity contribution is 0.470. The minimum absolute atomic E-state index is 0.312. The van der Waals surface area contributed by atoms with Crippen LogP contribution < -0.4 is 0 Å². The third-order valence-electron chi connectivity index (χ3n) is 1.69. The van der Waals surface area contributed by atoms with Crippen LogP contribution in [0.25, 0.3) is 0 Å². The Morgan fingerprint density at radius 2 is 2.00 bits per heavy atom. The molecule has 1 aromatic rings. The Kier molecular flexibility index (Phi) is 2.05. The second-order valence-corrected chi connectivity index (χ2v) is 3.01. The van der Waals surface area contributed by atoms with Crippen LogP contribution in [0.15, 0.2) is 6.07 Å². The van der Waals surface area contributed by atoms with Gasteiger partial charge in [-0.05, 0) is 18.9 Å². The summed E-state index contributed by atoms with van der Waals surface area (Å²) in [7, 11) is 0. The quantitative estimate of drug-likeness (QED) is 0.648. The van der Waals surface area contributed by atoms with Crippen LogP contribution in [0.3, 0.4) is 0 Å². The summed E-state index contributed by atoms with van der Waals surface area (Å²) in [5.74, 6) is 0.713. The molecular formula is C10H12O. The average Bonchev–Trinajstić information content (AvgIpc) is 1.94. The lowest BCUT2D eigenvalue weighted by Crippen LogP contribution is -1.85. The molecule has 1 rings (SSSR count). The zero-order chi connectivity index (χ0) is 8.43. The van der Waals surface area contributed by atoms with Crippen molar-refractivity contribution in [3.8, 4) is 5.75 Å². The molecule has 0 amide bonds. The normalized spacial score (nSPS) is 9.82. The van der Waals surface area contributed by atoms with Gasteiger partial charge in [0.15, 0.2) is 0 Å². The van der Waals surface area contributed by atoms with Gasteiger partial charge >= 0.3 is 0 Å². The summed E-state index contributed by atoms with van der Waals surface area (Å²) >= 11 is 0. The Morgan fingerprint density at radius 3 is 2.45 bits per heavy atom. The van der Waals surface area contributed by atoms with Gasteiger partial charge in [0.2, 0.25) is 0 Å². The third-order valence-corrected chi connectivity index (χ3v) is 1.69. The van der Waals surface area contributed by atoms with Crippen LogP contribution in [0, 0.1) is 19.1 Å². The molecule has 11 heavy (non-hydrogen) atoms. The van der Waals surface area contributed by atoms with E-state index in [1.54, 1.807) is 6.07 Å². The summed E-state index contributed by atoms with van der Waals surface area (Å²) in [4.78, 5) is 0. The first-order chi connectivity index (χ1) is 5.11. The van der Waals surface area contributed by atoms with Crippen molar-refractivity contribution in [3.63, 3.8) is 0 Å². The van der Waals surface area contributed by atoms with Gasteiger partial charge in [-0.2, -0.15) is 0 Å². The number of rotatable bonds is 1. The van der Waals surface area contributed by atoms with Crippen LogP contribution in [0.5, 0.6) is 5.75 Å². The van der Waals surface area contributed by atoms with E-state index < -0.39 is 0 Å². The largest absolute Gasteiger partial charge is 0.507 e. The van der Waals surface area contributed by atoms with Crippen molar-refractivity contribution in [1.29, 1.82) is 0 Å². The first kappa shape index (κ1) is 7.94. The molecule has 0 spiro atoms. The second kappa shape index (κ2) is 2.84. The Labute approximate surface area is 67.7 Å². The number of hydrogen-bond acceptors (Lipinski definition) is 1. The van der Waals surface area contributed by atoms with E-state index in [9.17, 15) is 5.11 Å². The molecule has 0 atom stereocenters. The van der Waals surface area contributed by atoms with Crippen molar-refractivity contribution < 1.29 is 5.11 Å². The SMILES string of the molecule is Cc1c#cc(C(C)C)cc1O. The summed E-state index contributed by atoms with van der Waals surface area (Å²) in [6, 6.07) is 7.61. The zero-order valence-electron chi connectivity index (χ0n) is 7.10. The van der Waals surface area contributed by atoms with Crippen molar-refractivity contribution in [1.82, 2.24) is 0 Å². The minimum Gasteiger partial charge on any atom is -0.507 e. The van der Waals surface area contributed by atoms with Gasteiger partial charge in [-0.1, -0.05) is 26.0 Å². The van der Waals surface area contributed by atoms with Crippen LogP contribution in [0.4, 0.5) is 0 Å². The Bertz CT molecular complexity index is 251. The Morgan fingerprint density at radius 1 is 1.36 bits per heavy atom. The molecule has 0 aliphatic carbocycles. The maximum absolute atomic E-state index is 9.30. The first-order valence-electron chi connectivity index (χ1n) is 3.74. The molecular weight excluding hydrogens is 136 g/mol. The van der Waals surface area contributed by atoms with Crippen LogP contribution in [-0.4, -0.2) is 5.11 Å². The molecule has 0 aliphatic rings. The van der Waals surface area contributed by atoms with E-state index in [-0.39, 0.29) is 0 Å². The van der Waals surface area contributed by atoms with Gasteiger partial charge in [-0.3, -0.25) is 0 Å². The van der Waals surface area contributed by atoms with Crippen molar-refractivity contribution >= 4 is 0 Å². The summed E-state index contributed by atoms with van der Waals surface area (Å²) < 4.78 is 0. The molecule has 0 aromatic heterocycles. The fraction of sp³-hybridized carbons (Fsp3) is 0.400. The molecule has 0 radical (unpaired) electrons. The van der Waals surface area contributed by atoms with Gasteiger partial charge < -0.3 is 5.11 Å². The summed E-state index contributed by atoms with van der Waals surface area (Å²) in [5.41, 5.74) is 1.77. The van der Waals surface area contributed by atoms with Crippen LogP contribution in [0.1, 0.15) is 30.9 Å². The zero-order valence-corrected chi connectivity index (χ0v) is 7.10. The predicted octanol–water partition coefficient (Wildman–Crippen LogP) is 2.42. The molecule has 58 valence electrons. The van der Waals surface area contributed by atoms with Crippen LogP contribution in [0.2, 0.25) is 0 Å². The molecule has 0 unspecified atom stereocenters. The van der Waals surface area contributed by atoms with E-state index in [1.165, 1.54) is 0 Å². The smallest absolute Gasteiger partial charge is 0.127 e. The Balaban J connectivity index is 3.05. The van der Waals surface area contributed by atoms with E-state index in [2.05, 4.69) is 26.0 Å².